The molecule has 1 saturated carbocycles. The third-order valence-corrected chi connectivity index (χ3v) is 5.77. The van der Waals surface area contributed by atoms with Gasteiger partial charge in [0.1, 0.15) is 5.41 Å². The number of nitrogens with zero attached hydrogens (tertiary/aromatic N) is 3. The lowest BCUT2D eigenvalue weighted by atomic mass is 9.95. The van der Waals surface area contributed by atoms with Crippen molar-refractivity contribution >= 4 is 34.9 Å². The van der Waals surface area contributed by atoms with Gasteiger partial charge in [-0.15, -0.1) is 23.2 Å². The molecule has 0 saturated heterocycles. The molecule has 0 spiro atoms. The number of carbonyl (C=O) groups is 1. The molecule has 2 atom stereocenters. The van der Waals surface area contributed by atoms with E-state index < -0.39 is 22.1 Å². The van der Waals surface area contributed by atoms with E-state index in [4.69, 9.17) is 23.2 Å². The van der Waals surface area contributed by atoms with Gasteiger partial charge in [-0.2, -0.15) is 9.49 Å². The van der Waals surface area contributed by atoms with Gasteiger partial charge in [0.25, 0.3) is 0 Å². The summed E-state index contributed by atoms with van der Waals surface area (Å²) in [6, 6.07) is 13.7. The number of nitrogens with one attached hydrogen (secondary N) is 1. The zero-order valence-corrected chi connectivity index (χ0v) is 14.8. The fourth-order valence-electron chi connectivity index (χ4n) is 3.01. The van der Waals surface area contributed by atoms with Crippen LogP contribution in [0.25, 0.3) is 5.69 Å². The third-order valence-electron chi connectivity index (χ3n) is 4.45. The lowest BCUT2D eigenvalue weighted by Gasteiger charge is -2.15. The zero-order chi connectivity index (χ0) is 18.3. The number of hydrogen-bond donors (Lipinski definition) is 1. The van der Waals surface area contributed by atoms with E-state index in [1.165, 1.54) is 16.9 Å². The topological polar surface area (TPSA) is 59.8 Å². The van der Waals surface area contributed by atoms with Gasteiger partial charge in [-0.3, -0.25) is 4.79 Å². The highest BCUT2D eigenvalue weighted by Crippen LogP contribution is 2.56. The lowest BCUT2D eigenvalue weighted by molar-refractivity contribution is -0.118. The monoisotopic (exact) mass is 390 g/mol. The number of pyridine rings is 1. The fraction of sp³-hybridized carbons (Fsp3) is 0.167. The number of carbonyl (C=O) groups excluding carboxylic acids is 1. The highest BCUT2D eigenvalue weighted by molar-refractivity contribution is 6.40. The molecule has 0 radical (unpaired) electrons. The number of aromatic nitrogens is 3. The summed E-state index contributed by atoms with van der Waals surface area (Å²) in [5.41, 5.74) is 0.248. The van der Waals surface area contributed by atoms with Gasteiger partial charge in [0, 0.05) is 24.5 Å². The summed E-state index contributed by atoms with van der Waals surface area (Å²) in [6.07, 6.45) is 2.96. The quantitative estimate of drug-likeness (QED) is 0.547. The van der Waals surface area contributed by atoms with Crippen molar-refractivity contribution < 1.29 is 9.18 Å². The lowest BCUT2D eigenvalue weighted by Crippen LogP contribution is -2.32. The van der Waals surface area contributed by atoms with Crippen LogP contribution in [0.3, 0.4) is 0 Å². The minimum atomic E-state index is -1.00. The van der Waals surface area contributed by atoms with Crippen molar-refractivity contribution in [2.45, 2.75) is 16.2 Å². The molecule has 26 heavy (non-hydrogen) atoms. The molecule has 0 bridgehead atoms. The van der Waals surface area contributed by atoms with Crippen LogP contribution in [-0.2, 0) is 10.2 Å². The van der Waals surface area contributed by atoms with E-state index in [2.05, 4.69) is 15.4 Å². The van der Waals surface area contributed by atoms with Crippen LogP contribution < -0.4 is 5.32 Å². The van der Waals surface area contributed by atoms with E-state index in [1.807, 2.05) is 30.3 Å². The second kappa shape index (κ2) is 6.37. The summed E-state index contributed by atoms with van der Waals surface area (Å²) in [6.45, 7) is 0. The summed E-state index contributed by atoms with van der Waals surface area (Å²) in [5, 5.41) is 5.99. The van der Waals surface area contributed by atoms with Gasteiger partial charge in [0.15, 0.2) is 5.82 Å². The Morgan fingerprint density at radius 2 is 1.88 bits per heavy atom. The SMILES string of the molecule is O=C(Nc1ccn(-c2ccnc(F)c2)n1)C1(c2ccccc2)C(Cl)C1Cl. The molecule has 1 amide bonds. The van der Waals surface area contributed by atoms with Crippen LogP contribution in [0.2, 0.25) is 0 Å². The number of amides is 1. The summed E-state index contributed by atoms with van der Waals surface area (Å²) < 4.78 is 14.7. The molecular formula is C18H13Cl2FN4O. The molecule has 4 rings (SSSR count). The maximum atomic E-state index is 13.3. The summed E-state index contributed by atoms with van der Waals surface area (Å²) >= 11 is 12.6. The normalized spacial score (nSPS) is 24.3. The molecule has 1 aliphatic carbocycles. The number of rotatable bonds is 4. The average Bonchev–Trinajstić information content (AvgIpc) is 2.98. The minimum absolute atomic E-state index is 0.321. The number of hydrogen-bond acceptors (Lipinski definition) is 3. The second-order valence-corrected chi connectivity index (χ2v) is 6.92. The van der Waals surface area contributed by atoms with Crippen molar-refractivity contribution in [3.8, 4) is 5.69 Å². The standard InChI is InChI=1S/C18H13Cl2FN4O/c19-15-16(20)18(15,11-4-2-1-3-5-11)17(26)23-14-7-9-25(24-14)12-6-8-22-13(21)10-12/h1-10,15-16H,(H,23,24,26). The molecular weight excluding hydrogens is 378 g/mol. The van der Waals surface area contributed by atoms with Crippen LogP contribution in [0, 0.1) is 5.95 Å². The van der Waals surface area contributed by atoms with Crippen LogP contribution in [0.5, 0.6) is 0 Å². The molecule has 1 aromatic carbocycles. The molecule has 1 aliphatic rings. The van der Waals surface area contributed by atoms with E-state index in [-0.39, 0.29) is 5.91 Å². The average molecular weight is 391 g/mol. The van der Waals surface area contributed by atoms with Gasteiger partial charge >= 0.3 is 0 Å². The number of alkyl halides is 2. The molecule has 2 unspecified atom stereocenters. The predicted octanol–water partition coefficient (Wildman–Crippen LogP) is 3.51. The van der Waals surface area contributed by atoms with Crippen LogP contribution in [0.1, 0.15) is 5.56 Å². The highest BCUT2D eigenvalue weighted by atomic mass is 35.5. The molecule has 5 nitrogen and oxygen atoms in total. The Morgan fingerprint density at radius 3 is 2.54 bits per heavy atom. The molecule has 8 heteroatoms. The molecule has 1 fully saturated rings. The van der Waals surface area contributed by atoms with Crippen molar-refractivity contribution in [1.29, 1.82) is 0 Å². The Balaban J connectivity index is 1.59. The van der Waals surface area contributed by atoms with Gasteiger partial charge < -0.3 is 5.32 Å². The summed E-state index contributed by atoms with van der Waals surface area (Å²) in [5.74, 6) is -0.614. The predicted molar refractivity (Wildman–Crippen MR) is 97.3 cm³/mol. The van der Waals surface area contributed by atoms with Crippen LogP contribution in [0.15, 0.2) is 60.9 Å². The summed E-state index contributed by atoms with van der Waals surface area (Å²) in [4.78, 5) is 16.4. The van der Waals surface area contributed by atoms with Gasteiger partial charge in [-0.1, -0.05) is 30.3 Å². The second-order valence-electron chi connectivity index (χ2n) is 5.98. The first-order chi connectivity index (χ1) is 12.5. The van der Waals surface area contributed by atoms with E-state index in [9.17, 15) is 9.18 Å². The van der Waals surface area contributed by atoms with E-state index in [0.29, 0.717) is 11.5 Å². The van der Waals surface area contributed by atoms with Crippen molar-refractivity contribution in [3.63, 3.8) is 0 Å². The Hall–Kier alpha value is -2.44. The first-order valence-corrected chi connectivity index (χ1v) is 8.73. The molecule has 2 aromatic heterocycles. The molecule has 0 aliphatic heterocycles. The number of benzene rings is 1. The van der Waals surface area contributed by atoms with Gasteiger partial charge in [-0.05, 0) is 11.6 Å². The maximum absolute atomic E-state index is 13.3. The van der Waals surface area contributed by atoms with Crippen LogP contribution >= 0.6 is 23.2 Å². The van der Waals surface area contributed by atoms with Crippen LogP contribution in [-0.4, -0.2) is 31.4 Å². The largest absolute Gasteiger partial charge is 0.308 e. The van der Waals surface area contributed by atoms with Crippen molar-refractivity contribution in [1.82, 2.24) is 14.8 Å². The molecule has 132 valence electrons. The molecule has 2 heterocycles. The first-order valence-electron chi connectivity index (χ1n) is 7.86. The smallest absolute Gasteiger partial charge is 0.239 e. The fourth-order valence-corrected chi connectivity index (χ4v) is 4.05. The van der Waals surface area contributed by atoms with Gasteiger partial charge in [0.2, 0.25) is 11.9 Å². The zero-order valence-electron chi connectivity index (χ0n) is 13.3. The van der Waals surface area contributed by atoms with Crippen molar-refractivity contribution in [3.05, 3.63) is 72.4 Å². The van der Waals surface area contributed by atoms with E-state index in [1.54, 1.807) is 18.3 Å². The van der Waals surface area contributed by atoms with E-state index >= 15 is 0 Å². The highest BCUT2D eigenvalue weighted by Gasteiger charge is 2.69. The van der Waals surface area contributed by atoms with Crippen molar-refractivity contribution in [2.75, 3.05) is 5.32 Å². The number of anilines is 1. The van der Waals surface area contributed by atoms with Gasteiger partial charge in [-0.25, -0.2) is 9.67 Å². The van der Waals surface area contributed by atoms with Crippen LogP contribution in [0.4, 0.5) is 10.2 Å². The third kappa shape index (κ3) is 2.66. The van der Waals surface area contributed by atoms with E-state index in [0.717, 1.165) is 5.56 Å². The Bertz CT molecular complexity index is 955. The Labute approximate surface area is 158 Å². The molecule has 1 N–H and O–H groups in total. The summed E-state index contributed by atoms with van der Waals surface area (Å²) in [7, 11) is 0. The Morgan fingerprint density at radius 1 is 1.15 bits per heavy atom. The van der Waals surface area contributed by atoms with Gasteiger partial charge in [0.05, 0.1) is 16.4 Å². The minimum Gasteiger partial charge on any atom is -0.308 e. The Kier molecular flexibility index (Phi) is 4.17. The molecule has 3 aromatic rings. The number of halogens is 3. The first kappa shape index (κ1) is 17.0. The van der Waals surface area contributed by atoms with Crippen molar-refractivity contribution in [2.24, 2.45) is 0 Å². The maximum Gasteiger partial charge on any atom is 0.239 e.